The molecule has 1 amide bonds. The van der Waals surface area contributed by atoms with Crippen LogP contribution in [0.15, 0.2) is 18.2 Å². The minimum Gasteiger partial charge on any atom is -0.496 e. The van der Waals surface area contributed by atoms with E-state index in [2.05, 4.69) is 10.2 Å². The summed E-state index contributed by atoms with van der Waals surface area (Å²) in [6, 6.07) is 5.74. The smallest absolute Gasteiger partial charge is 0.234 e. The standard InChI is InChI=1S/C13H17N3O2S/c1-18-11-6-9(2-3-10(11)13(14)19)7-16-5-4-15-12(17)8-16/h2-3,6H,4-5,7-8H2,1H3,(H2,14,19)(H,15,17). The van der Waals surface area contributed by atoms with E-state index in [0.29, 0.717) is 30.4 Å². The van der Waals surface area contributed by atoms with Crippen LogP contribution in [0, 0.1) is 0 Å². The molecule has 0 saturated carbocycles. The van der Waals surface area contributed by atoms with Crippen molar-refractivity contribution in [2.45, 2.75) is 6.54 Å². The fourth-order valence-corrected chi connectivity index (χ4v) is 2.29. The lowest BCUT2D eigenvalue weighted by atomic mass is 10.1. The third-order valence-corrected chi connectivity index (χ3v) is 3.27. The average molecular weight is 279 g/mol. The fraction of sp³-hybridized carbons (Fsp3) is 0.385. The first-order valence-corrected chi connectivity index (χ1v) is 6.46. The lowest BCUT2D eigenvalue weighted by Crippen LogP contribution is -2.47. The Morgan fingerprint density at radius 1 is 1.58 bits per heavy atom. The van der Waals surface area contributed by atoms with Gasteiger partial charge >= 0.3 is 0 Å². The van der Waals surface area contributed by atoms with Crippen LogP contribution in [0.3, 0.4) is 0 Å². The van der Waals surface area contributed by atoms with Crippen LogP contribution in [-0.2, 0) is 11.3 Å². The minimum atomic E-state index is 0.0676. The number of nitrogens with one attached hydrogen (secondary N) is 1. The molecule has 1 aliphatic rings. The Labute approximate surface area is 117 Å². The van der Waals surface area contributed by atoms with Crippen LogP contribution in [-0.4, -0.2) is 42.5 Å². The Morgan fingerprint density at radius 3 is 3.00 bits per heavy atom. The number of methoxy groups -OCH3 is 1. The Balaban J connectivity index is 2.12. The highest BCUT2D eigenvalue weighted by Gasteiger charge is 2.16. The van der Waals surface area contributed by atoms with Crippen LogP contribution in [0.4, 0.5) is 0 Å². The van der Waals surface area contributed by atoms with Gasteiger partial charge in [-0.2, -0.15) is 0 Å². The number of nitrogens with zero attached hydrogens (tertiary/aromatic N) is 1. The van der Waals surface area contributed by atoms with Gasteiger partial charge in [-0.1, -0.05) is 18.3 Å². The normalized spacial score (nSPS) is 15.9. The first-order chi connectivity index (χ1) is 9.10. The second kappa shape index (κ2) is 5.99. The molecule has 0 bridgehead atoms. The molecule has 1 fully saturated rings. The Hall–Kier alpha value is -1.66. The molecule has 1 aromatic carbocycles. The number of amides is 1. The Bertz CT molecular complexity index is 505. The predicted octanol–water partition coefficient (Wildman–Crippen LogP) is 0.261. The lowest BCUT2D eigenvalue weighted by molar-refractivity contribution is -0.124. The molecule has 6 heteroatoms. The van der Waals surface area contributed by atoms with Crippen LogP contribution in [0.25, 0.3) is 0 Å². The highest BCUT2D eigenvalue weighted by atomic mass is 32.1. The third kappa shape index (κ3) is 3.42. The van der Waals surface area contributed by atoms with Gasteiger partial charge in [0, 0.05) is 19.6 Å². The van der Waals surface area contributed by atoms with Crippen LogP contribution < -0.4 is 15.8 Å². The first kappa shape index (κ1) is 13.8. The SMILES string of the molecule is COc1cc(CN2CCNC(=O)C2)ccc1C(N)=S. The van der Waals surface area contributed by atoms with Gasteiger partial charge in [0.15, 0.2) is 0 Å². The fourth-order valence-electron chi connectivity index (χ4n) is 2.12. The van der Waals surface area contributed by atoms with E-state index in [9.17, 15) is 4.79 Å². The van der Waals surface area contributed by atoms with Crippen molar-refractivity contribution in [2.24, 2.45) is 5.73 Å². The molecule has 0 spiro atoms. The van der Waals surface area contributed by atoms with Gasteiger partial charge in [0.25, 0.3) is 0 Å². The molecule has 1 aromatic rings. The number of carbonyl (C=O) groups is 1. The second-order valence-electron chi connectivity index (χ2n) is 4.46. The summed E-state index contributed by atoms with van der Waals surface area (Å²) in [5, 5.41) is 2.81. The third-order valence-electron chi connectivity index (χ3n) is 3.05. The molecule has 1 saturated heterocycles. The Kier molecular flexibility index (Phi) is 4.34. The number of ether oxygens (including phenoxy) is 1. The van der Waals surface area contributed by atoms with E-state index in [1.54, 1.807) is 7.11 Å². The number of hydrogen-bond acceptors (Lipinski definition) is 4. The van der Waals surface area contributed by atoms with Gasteiger partial charge in [-0.05, 0) is 17.7 Å². The van der Waals surface area contributed by atoms with Gasteiger partial charge in [0.2, 0.25) is 5.91 Å². The highest BCUT2D eigenvalue weighted by molar-refractivity contribution is 7.80. The predicted molar refractivity (Wildman–Crippen MR) is 77.2 cm³/mol. The summed E-state index contributed by atoms with van der Waals surface area (Å²) in [6.45, 7) is 2.69. The number of thiocarbonyl (C=S) groups is 1. The summed E-state index contributed by atoms with van der Waals surface area (Å²) in [5.74, 6) is 0.740. The van der Waals surface area contributed by atoms with Crippen LogP contribution >= 0.6 is 12.2 Å². The largest absolute Gasteiger partial charge is 0.496 e. The maximum Gasteiger partial charge on any atom is 0.234 e. The van der Waals surface area contributed by atoms with Crippen molar-refractivity contribution in [2.75, 3.05) is 26.7 Å². The number of benzene rings is 1. The van der Waals surface area contributed by atoms with Crippen molar-refractivity contribution in [3.63, 3.8) is 0 Å². The van der Waals surface area contributed by atoms with E-state index in [1.165, 1.54) is 0 Å². The van der Waals surface area contributed by atoms with E-state index in [1.807, 2.05) is 18.2 Å². The number of rotatable bonds is 4. The van der Waals surface area contributed by atoms with E-state index in [-0.39, 0.29) is 5.91 Å². The molecule has 1 aliphatic heterocycles. The monoisotopic (exact) mass is 279 g/mol. The first-order valence-electron chi connectivity index (χ1n) is 6.06. The van der Waals surface area contributed by atoms with E-state index >= 15 is 0 Å². The van der Waals surface area contributed by atoms with Crippen molar-refractivity contribution in [1.82, 2.24) is 10.2 Å². The molecule has 2 rings (SSSR count). The molecule has 0 aromatic heterocycles. The summed E-state index contributed by atoms with van der Waals surface area (Å²) in [6.07, 6.45) is 0. The zero-order valence-corrected chi connectivity index (χ0v) is 11.6. The minimum absolute atomic E-state index is 0.0676. The van der Waals surface area contributed by atoms with Crippen molar-refractivity contribution in [3.8, 4) is 5.75 Å². The van der Waals surface area contributed by atoms with Gasteiger partial charge in [0.1, 0.15) is 10.7 Å². The van der Waals surface area contributed by atoms with Gasteiger partial charge in [0.05, 0.1) is 19.2 Å². The van der Waals surface area contributed by atoms with Crippen LogP contribution in [0.1, 0.15) is 11.1 Å². The maximum atomic E-state index is 11.3. The summed E-state index contributed by atoms with van der Waals surface area (Å²) < 4.78 is 5.29. The molecule has 102 valence electrons. The number of hydrogen-bond donors (Lipinski definition) is 2. The number of piperazine rings is 1. The molecule has 0 unspecified atom stereocenters. The summed E-state index contributed by atoms with van der Waals surface area (Å²) >= 11 is 4.97. The van der Waals surface area contributed by atoms with Gasteiger partial charge in [-0.25, -0.2) is 0 Å². The van der Waals surface area contributed by atoms with Crippen molar-refractivity contribution in [3.05, 3.63) is 29.3 Å². The molecule has 3 N–H and O–H groups in total. The van der Waals surface area contributed by atoms with Gasteiger partial charge in [-0.15, -0.1) is 0 Å². The van der Waals surface area contributed by atoms with Crippen molar-refractivity contribution in [1.29, 1.82) is 0 Å². The molecule has 0 radical (unpaired) electrons. The zero-order valence-electron chi connectivity index (χ0n) is 10.8. The quantitative estimate of drug-likeness (QED) is 0.774. The molecular formula is C13H17N3O2S. The highest BCUT2D eigenvalue weighted by Crippen LogP contribution is 2.21. The molecule has 0 aliphatic carbocycles. The maximum absolute atomic E-state index is 11.3. The topological polar surface area (TPSA) is 67.6 Å². The molecule has 1 heterocycles. The lowest BCUT2D eigenvalue weighted by Gasteiger charge is -2.26. The average Bonchev–Trinajstić information content (AvgIpc) is 2.38. The van der Waals surface area contributed by atoms with Crippen molar-refractivity contribution >= 4 is 23.1 Å². The molecule has 5 nitrogen and oxygen atoms in total. The van der Waals surface area contributed by atoms with Gasteiger partial charge < -0.3 is 15.8 Å². The molecule has 19 heavy (non-hydrogen) atoms. The molecule has 0 atom stereocenters. The summed E-state index contributed by atoms with van der Waals surface area (Å²) in [7, 11) is 1.59. The van der Waals surface area contributed by atoms with Gasteiger partial charge in [-0.3, -0.25) is 9.69 Å². The second-order valence-corrected chi connectivity index (χ2v) is 4.90. The zero-order chi connectivity index (χ0) is 13.8. The summed E-state index contributed by atoms with van der Waals surface area (Å²) in [4.78, 5) is 13.7. The number of nitrogens with two attached hydrogens (primary N) is 1. The summed E-state index contributed by atoms with van der Waals surface area (Å²) in [5.41, 5.74) is 7.44. The molecular weight excluding hydrogens is 262 g/mol. The van der Waals surface area contributed by atoms with E-state index in [0.717, 1.165) is 17.7 Å². The number of carbonyl (C=O) groups excluding carboxylic acids is 1. The van der Waals surface area contributed by atoms with Crippen LogP contribution in [0.2, 0.25) is 0 Å². The van der Waals surface area contributed by atoms with E-state index < -0.39 is 0 Å². The van der Waals surface area contributed by atoms with Crippen molar-refractivity contribution < 1.29 is 9.53 Å². The van der Waals surface area contributed by atoms with E-state index in [4.69, 9.17) is 22.7 Å². The van der Waals surface area contributed by atoms with Crippen LogP contribution in [0.5, 0.6) is 5.75 Å². The Morgan fingerprint density at radius 2 is 2.37 bits per heavy atom.